The Morgan fingerprint density at radius 3 is 2.70 bits per heavy atom. The van der Waals surface area contributed by atoms with Gasteiger partial charge in [0.1, 0.15) is 5.69 Å². The number of pyridine rings is 1. The van der Waals surface area contributed by atoms with Gasteiger partial charge in [0.25, 0.3) is 5.91 Å². The summed E-state index contributed by atoms with van der Waals surface area (Å²) in [4.78, 5) is 16.9. The molecule has 4 nitrogen and oxygen atoms in total. The van der Waals surface area contributed by atoms with E-state index in [0.29, 0.717) is 11.6 Å². The number of hydrogen-bond acceptors (Lipinski definition) is 3. The van der Waals surface area contributed by atoms with E-state index < -0.39 is 0 Å². The highest BCUT2D eigenvalue weighted by Gasteiger charge is 2.29. The molecule has 0 bridgehead atoms. The molecule has 126 valence electrons. The lowest BCUT2D eigenvalue weighted by Crippen LogP contribution is -2.56. The maximum absolute atomic E-state index is 12.6. The summed E-state index contributed by atoms with van der Waals surface area (Å²) < 4.78 is 0. The van der Waals surface area contributed by atoms with Gasteiger partial charge in [-0.15, -0.1) is 24.8 Å². The first kappa shape index (κ1) is 19.7. The highest BCUT2D eigenvalue weighted by atomic mass is 35.5. The maximum Gasteiger partial charge on any atom is 0.270 e. The van der Waals surface area contributed by atoms with Gasteiger partial charge in [0.05, 0.1) is 0 Å². The average molecular weight is 356 g/mol. The van der Waals surface area contributed by atoms with Crippen molar-refractivity contribution in [1.29, 1.82) is 0 Å². The third-order valence-electron chi connectivity index (χ3n) is 4.40. The first-order valence-corrected chi connectivity index (χ1v) is 7.55. The molecule has 1 aromatic heterocycles. The number of amides is 1. The van der Waals surface area contributed by atoms with Gasteiger partial charge in [-0.3, -0.25) is 9.78 Å². The van der Waals surface area contributed by atoms with Crippen LogP contribution in [0.1, 0.15) is 30.8 Å². The second-order valence-corrected chi connectivity index (χ2v) is 5.89. The number of fused-ring (bicyclic) bond motifs is 1. The van der Waals surface area contributed by atoms with Crippen molar-refractivity contribution in [2.75, 3.05) is 6.54 Å². The van der Waals surface area contributed by atoms with Crippen LogP contribution in [0.25, 0.3) is 10.8 Å². The molecule has 3 unspecified atom stereocenters. The third-order valence-corrected chi connectivity index (χ3v) is 4.40. The van der Waals surface area contributed by atoms with Crippen molar-refractivity contribution in [3.8, 4) is 0 Å². The van der Waals surface area contributed by atoms with Gasteiger partial charge < -0.3 is 10.6 Å². The molecule has 1 fully saturated rings. The van der Waals surface area contributed by atoms with Crippen molar-refractivity contribution < 1.29 is 4.79 Å². The quantitative estimate of drug-likeness (QED) is 0.869. The largest absolute Gasteiger partial charge is 0.346 e. The van der Waals surface area contributed by atoms with Crippen LogP contribution >= 0.6 is 24.8 Å². The van der Waals surface area contributed by atoms with Crippen LogP contribution in [0.3, 0.4) is 0 Å². The van der Waals surface area contributed by atoms with E-state index in [-0.39, 0.29) is 42.8 Å². The van der Waals surface area contributed by atoms with E-state index in [9.17, 15) is 4.79 Å². The third kappa shape index (κ3) is 4.14. The number of nitrogens with zero attached hydrogens (tertiary/aromatic N) is 1. The van der Waals surface area contributed by atoms with Gasteiger partial charge in [0.15, 0.2) is 0 Å². The Bertz CT molecular complexity index is 650. The zero-order valence-electron chi connectivity index (χ0n) is 13.3. The van der Waals surface area contributed by atoms with E-state index in [4.69, 9.17) is 0 Å². The Morgan fingerprint density at radius 2 is 1.96 bits per heavy atom. The molecule has 1 saturated heterocycles. The number of hydrogen-bond donors (Lipinski definition) is 2. The molecule has 0 saturated carbocycles. The summed E-state index contributed by atoms with van der Waals surface area (Å²) in [6, 6.07) is 10.2. The fourth-order valence-corrected chi connectivity index (χ4v) is 3.13. The highest BCUT2D eigenvalue weighted by Crippen LogP contribution is 2.19. The van der Waals surface area contributed by atoms with E-state index in [1.165, 1.54) is 0 Å². The number of carbonyl (C=O) groups is 1. The Balaban J connectivity index is 0.00000132. The van der Waals surface area contributed by atoms with E-state index in [1.54, 1.807) is 6.20 Å². The van der Waals surface area contributed by atoms with Crippen LogP contribution in [0.4, 0.5) is 0 Å². The molecule has 6 heteroatoms. The Hall–Kier alpha value is -1.36. The summed E-state index contributed by atoms with van der Waals surface area (Å²) in [5.74, 6) is 0.388. The summed E-state index contributed by atoms with van der Waals surface area (Å²) in [6.07, 6.45) is 2.78. The lowest BCUT2D eigenvalue weighted by atomic mass is 9.89. The molecular formula is C17H23Cl2N3O. The second-order valence-electron chi connectivity index (χ2n) is 5.89. The number of rotatable bonds is 2. The van der Waals surface area contributed by atoms with Crippen molar-refractivity contribution in [3.63, 3.8) is 0 Å². The van der Waals surface area contributed by atoms with Gasteiger partial charge in [-0.1, -0.05) is 31.2 Å². The standard InChI is InChI=1S/C17H21N3O.2ClH/c1-11-7-9-18-12(2)15(11)20-17(21)16-14-6-4-3-5-13(14)8-10-19-16;;/h3-6,8,10-12,15,18H,7,9H2,1-2H3,(H,20,21);2*1H. The zero-order valence-corrected chi connectivity index (χ0v) is 14.9. The van der Waals surface area contributed by atoms with Gasteiger partial charge in [-0.25, -0.2) is 0 Å². The number of nitrogens with one attached hydrogen (secondary N) is 2. The van der Waals surface area contributed by atoms with Crippen LogP contribution in [-0.4, -0.2) is 29.5 Å². The van der Waals surface area contributed by atoms with Crippen molar-refractivity contribution in [2.24, 2.45) is 5.92 Å². The van der Waals surface area contributed by atoms with Crippen LogP contribution < -0.4 is 10.6 Å². The summed E-state index contributed by atoms with van der Waals surface area (Å²) >= 11 is 0. The molecule has 1 aromatic carbocycles. The summed E-state index contributed by atoms with van der Waals surface area (Å²) in [6.45, 7) is 5.33. The van der Waals surface area contributed by atoms with Gasteiger partial charge in [-0.05, 0) is 37.3 Å². The summed E-state index contributed by atoms with van der Waals surface area (Å²) in [5, 5.41) is 8.53. The molecule has 1 aliphatic rings. The molecule has 2 N–H and O–H groups in total. The minimum atomic E-state index is -0.0841. The molecule has 0 spiro atoms. The molecule has 0 aliphatic carbocycles. The van der Waals surface area contributed by atoms with Crippen LogP contribution in [0, 0.1) is 5.92 Å². The van der Waals surface area contributed by atoms with Crippen molar-refractivity contribution in [2.45, 2.75) is 32.4 Å². The summed E-state index contributed by atoms with van der Waals surface area (Å²) in [7, 11) is 0. The predicted octanol–water partition coefficient (Wildman–Crippen LogP) is 3.19. The molecule has 23 heavy (non-hydrogen) atoms. The van der Waals surface area contributed by atoms with Gasteiger partial charge in [-0.2, -0.15) is 0 Å². The Kier molecular flexibility index (Phi) is 7.26. The van der Waals surface area contributed by atoms with Gasteiger partial charge in [0.2, 0.25) is 0 Å². The van der Waals surface area contributed by atoms with Crippen LogP contribution in [0.2, 0.25) is 0 Å². The molecular weight excluding hydrogens is 333 g/mol. The first-order valence-electron chi connectivity index (χ1n) is 7.55. The monoisotopic (exact) mass is 355 g/mol. The van der Waals surface area contributed by atoms with Gasteiger partial charge in [0, 0.05) is 23.7 Å². The van der Waals surface area contributed by atoms with E-state index in [1.807, 2.05) is 30.3 Å². The van der Waals surface area contributed by atoms with E-state index in [0.717, 1.165) is 23.7 Å². The fraction of sp³-hybridized carbons (Fsp3) is 0.412. The molecule has 3 rings (SSSR count). The molecule has 1 amide bonds. The maximum atomic E-state index is 12.6. The number of benzene rings is 1. The van der Waals surface area contributed by atoms with Crippen LogP contribution in [-0.2, 0) is 0 Å². The smallest absolute Gasteiger partial charge is 0.270 e. The SMILES string of the molecule is CC1CCNC(C)C1NC(=O)c1nccc2ccccc12.Cl.Cl. The predicted molar refractivity (Wildman–Crippen MR) is 98.7 cm³/mol. The fourth-order valence-electron chi connectivity index (χ4n) is 3.13. The molecule has 2 heterocycles. The zero-order chi connectivity index (χ0) is 14.8. The Labute approximate surface area is 149 Å². The van der Waals surface area contributed by atoms with Crippen molar-refractivity contribution >= 4 is 41.5 Å². The highest BCUT2D eigenvalue weighted by molar-refractivity contribution is 6.05. The molecule has 0 radical (unpaired) electrons. The second kappa shape index (κ2) is 8.48. The number of piperidine rings is 1. The van der Waals surface area contributed by atoms with Crippen molar-refractivity contribution in [1.82, 2.24) is 15.6 Å². The minimum absolute atomic E-state index is 0. The number of carbonyl (C=O) groups excluding carboxylic acids is 1. The number of aromatic nitrogens is 1. The lowest BCUT2D eigenvalue weighted by molar-refractivity contribution is 0.0894. The van der Waals surface area contributed by atoms with E-state index >= 15 is 0 Å². The lowest BCUT2D eigenvalue weighted by Gasteiger charge is -2.35. The Morgan fingerprint density at radius 1 is 1.22 bits per heavy atom. The molecule has 1 aliphatic heterocycles. The normalized spacial score (nSPS) is 23.5. The molecule has 2 aromatic rings. The van der Waals surface area contributed by atoms with E-state index in [2.05, 4.69) is 29.5 Å². The average Bonchev–Trinajstić information content (AvgIpc) is 2.50. The van der Waals surface area contributed by atoms with Crippen molar-refractivity contribution in [3.05, 3.63) is 42.2 Å². The minimum Gasteiger partial charge on any atom is -0.346 e. The molecule has 3 atom stereocenters. The van der Waals surface area contributed by atoms with Gasteiger partial charge >= 0.3 is 0 Å². The van der Waals surface area contributed by atoms with Crippen LogP contribution in [0.15, 0.2) is 36.5 Å². The number of halogens is 2. The first-order chi connectivity index (χ1) is 10.2. The topological polar surface area (TPSA) is 54.0 Å². The van der Waals surface area contributed by atoms with Crippen LogP contribution in [0.5, 0.6) is 0 Å². The summed E-state index contributed by atoms with van der Waals surface area (Å²) in [5.41, 5.74) is 0.512.